The summed E-state index contributed by atoms with van der Waals surface area (Å²) in [4.78, 5) is 10.4. The number of nitrogens with two attached hydrogens (primary N) is 1. The molecule has 3 heteroatoms. The first-order valence-corrected chi connectivity index (χ1v) is 3.58. The van der Waals surface area contributed by atoms with Gasteiger partial charge in [-0.2, -0.15) is 0 Å². The van der Waals surface area contributed by atoms with E-state index in [0.717, 1.165) is 24.8 Å². The molecule has 0 heterocycles. The van der Waals surface area contributed by atoms with Crippen LogP contribution in [0, 0.1) is 0 Å². The molecule has 0 aromatic heterocycles. The molecule has 0 aromatic carbocycles. The summed E-state index contributed by atoms with van der Waals surface area (Å²) in [5.74, 6) is 0. The lowest BCUT2D eigenvalue weighted by Gasteiger charge is -1.90. The van der Waals surface area contributed by atoms with Crippen LogP contribution in [0.2, 0.25) is 0 Å². The molecule has 0 radical (unpaired) electrons. The van der Waals surface area contributed by atoms with Crippen molar-refractivity contribution in [1.82, 2.24) is 0 Å². The molecule has 0 fully saturated rings. The highest BCUT2D eigenvalue weighted by Crippen LogP contribution is 2.00. The molecule has 0 saturated heterocycles. The molecule has 2 nitrogen and oxygen atoms in total. The third kappa shape index (κ3) is 4.15. The molecule has 0 aromatic rings. The Morgan fingerprint density at radius 1 is 1.75 bits per heavy atom. The van der Waals surface area contributed by atoms with Crippen molar-refractivity contribution in [3.8, 4) is 0 Å². The summed E-state index contributed by atoms with van der Waals surface area (Å²) < 4.78 is 0. The highest BCUT2D eigenvalue weighted by atomic mass is 32.2. The fourth-order valence-corrected chi connectivity index (χ4v) is 0.642. The van der Waals surface area contributed by atoms with Gasteiger partial charge in [0, 0.05) is 6.42 Å². The molecule has 0 saturated carbocycles. The summed E-state index contributed by atoms with van der Waals surface area (Å²) in [6.45, 7) is 2.05. The zero-order valence-electron chi connectivity index (χ0n) is 5.02. The summed E-state index contributed by atoms with van der Waals surface area (Å²) in [6, 6.07) is 0. The van der Waals surface area contributed by atoms with Gasteiger partial charge in [0.2, 0.25) is 5.12 Å². The lowest BCUT2D eigenvalue weighted by atomic mass is 10.3. The van der Waals surface area contributed by atoms with Crippen LogP contribution >= 0.6 is 11.9 Å². The van der Waals surface area contributed by atoms with Crippen molar-refractivity contribution in [1.29, 1.82) is 0 Å². The molecule has 0 rings (SSSR count). The fourth-order valence-electron chi connectivity index (χ4n) is 0.380. The summed E-state index contributed by atoms with van der Waals surface area (Å²) in [5, 5.41) is 5.07. The summed E-state index contributed by atoms with van der Waals surface area (Å²) in [7, 11) is 0. The molecule has 0 bridgehead atoms. The third-order valence-electron chi connectivity index (χ3n) is 0.866. The van der Waals surface area contributed by atoms with Crippen molar-refractivity contribution in [2.45, 2.75) is 26.2 Å². The maximum Gasteiger partial charge on any atom is 0.203 e. The smallest absolute Gasteiger partial charge is 0.203 e. The minimum absolute atomic E-state index is 0.0897. The van der Waals surface area contributed by atoms with Gasteiger partial charge in [-0.1, -0.05) is 13.3 Å². The number of carbonyl (C=O) groups is 1. The lowest BCUT2D eigenvalue weighted by Crippen LogP contribution is -1.94. The SMILES string of the molecule is CCCCC(=O)SN. The van der Waals surface area contributed by atoms with Crippen LogP contribution in [0.5, 0.6) is 0 Å². The highest BCUT2D eigenvalue weighted by molar-refractivity contribution is 8.11. The average Bonchev–Trinajstić information content (AvgIpc) is 1.83. The van der Waals surface area contributed by atoms with Crippen LogP contribution in [0.1, 0.15) is 26.2 Å². The number of rotatable bonds is 3. The molecule has 8 heavy (non-hydrogen) atoms. The first-order chi connectivity index (χ1) is 3.81. The maximum atomic E-state index is 10.4. The maximum absolute atomic E-state index is 10.4. The van der Waals surface area contributed by atoms with E-state index in [1.54, 1.807) is 0 Å². The van der Waals surface area contributed by atoms with E-state index in [2.05, 4.69) is 6.92 Å². The minimum atomic E-state index is 0.0897. The van der Waals surface area contributed by atoms with E-state index in [4.69, 9.17) is 5.14 Å². The predicted octanol–water partition coefficient (Wildman–Crippen LogP) is 1.31. The molecule has 0 amide bonds. The van der Waals surface area contributed by atoms with Crippen LogP contribution in [0.3, 0.4) is 0 Å². The van der Waals surface area contributed by atoms with Crippen molar-refractivity contribution in [3.05, 3.63) is 0 Å². The van der Waals surface area contributed by atoms with E-state index in [9.17, 15) is 4.79 Å². The third-order valence-corrected chi connectivity index (χ3v) is 1.33. The second kappa shape index (κ2) is 5.12. The molecule has 0 atom stereocenters. The quantitative estimate of drug-likeness (QED) is 0.590. The summed E-state index contributed by atoms with van der Waals surface area (Å²) in [5.41, 5.74) is 0. The topological polar surface area (TPSA) is 43.1 Å². The van der Waals surface area contributed by atoms with Crippen LogP contribution < -0.4 is 5.14 Å². The van der Waals surface area contributed by atoms with Gasteiger partial charge in [-0.25, -0.2) is 0 Å². The van der Waals surface area contributed by atoms with Gasteiger partial charge in [0.15, 0.2) is 0 Å². The number of hydrogen-bond donors (Lipinski definition) is 1. The van der Waals surface area contributed by atoms with Crippen molar-refractivity contribution in [2.24, 2.45) is 5.14 Å². The molecule has 0 aliphatic rings. The zero-order valence-corrected chi connectivity index (χ0v) is 5.83. The van der Waals surface area contributed by atoms with Crippen molar-refractivity contribution < 1.29 is 4.79 Å². The van der Waals surface area contributed by atoms with E-state index in [1.807, 2.05) is 0 Å². The number of carbonyl (C=O) groups excluding carboxylic acids is 1. The molecule has 48 valence electrons. The Kier molecular flexibility index (Phi) is 5.11. The van der Waals surface area contributed by atoms with Crippen molar-refractivity contribution in [3.63, 3.8) is 0 Å². The molecule has 2 N–H and O–H groups in total. The lowest BCUT2D eigenvalue weighted by molar-refractivity contribution is -0.111. The highest BCUT2D eigenvalue weighted by Gasteiger charge is 1.95. The van der Waals surface area contributed by atoms with Gasteiger partial charge in [-0.15, -0.1) is 0 Å². The monoisotopic (exact) mass is 133 g/mol. The van der Waals surface area contributed by atoms with Crippen LogP contribution in [-0.2, 0) is 4.79 Å². The second-order valence-electron chi connectivity index (χ2n) is 1.59. The van der Waals surface area contributed by atoms with Crippen molar-refractivity contribution >= 4 is 17.1 Å². The summed E-state index contributed by atoms with van der Waals surface area (Å²) >= 11 is 0.826. The van der Waals surface area contributed by atoms with E-state index >= 15 is 0 Å². The van der Waals surface area contributed by atoms with Gasteiger partial charge in [0.05, 0.1) is 0 Å². The zero-order chi connectivity index (χ0) is 6.41. The van der Waals surface area contributed by atoms with Gasteiger partial charge in [-0.05, 0) is 18.4 Å². The van der Waals surface area contributed by atoms with Gasteiger partial charge in [-0.3, -0.25) is 9.93 Å². The number of hydrogen-bond acceptors (Lipinski definition) is 3. The fraction of sp³-hybridized carbons (Fsp3) is 0.800. The first kappa shape index (κ1) is 7.98. The molecule has 0 aliphatic carbocycles. The Hall–Kier alpha value is -0.0200. The Labute approximate surface area is 54.0 Å². The minimum Gasteiger partial charge on any atom is -0.286 e. The van der Waals surface area contributed by atoms with E-state index in [0.29, 0.717) is 6.42 Å². The average molecular weight is 133 g/mol. The molecular weight excluding hydrogens is 122 g/mol. The van der Waals surface area contributed by atoms with Gasteiger partial charge in [0.1, 0.15) is 0 Å². The molecular formula is C5H11NOS. The van der Waals surface area contributed by atoms with Gasteiger partial charge < -0.3 is 0 Å². The standard InChI is InChI=1S/C5H11NOS/c1-2-3-4-5(7)8-6/h2-4,6H2,1H3. The van der Waals surface area contributed by atoms with Gasteiger partial charge >= 0.3 is 0 Å². The Morgan fingerprint density at radius 2 is 2.38 bits per heavy atom. The van der Waals surface area contributed by atoms with E-state index < -0.39 is 0 Å². The van der Waals surface area contributed by atoms with Crippen LogP contribution in [-0.4, -0.2) is 5.12 Å². The normalized spacial score (nSPS) is 9.25. The van der Waals surface area contributed by atoms with Crippen molar-refractivity contribution in [2.75, 3.05) is 0 Å². The number of unbranched alkanes of at least 4 members (excludes halogenated alkanes) is 1. The van der Waals surface area contributed by atoms with Crippen LogP contribution in [0.15, 0.2) is 0 Å². The molecule has 0 unspecified atom stereocenters. The summed E-state index contributed by atoms with van der Waals surface area (Å²) in [6.07, 6.45) is 2.65. The second-order valence-corrected chi connectivity index (χ2v) is 2.28. The van der Waals surface area contributed by atoms with E-state index in [-0.39, 0.29) is 5.12 Å². The predicted molar refractivity (Wildman–Crippen MR) is 36.3 cm³/mol. The van der Waals surface area contributed by atoms with E-state index in [1.165, 1.54) is 0 Å². The molecule has 0 aliphatic heterocycles. The first-order valence-electron chi connectivity index (χ1n) is 2.70. The van der Waals surface area contributed by atoms with Crippen LogP contribution in [0.4, 0.5) is 0 Å². The Morgan fingerprint density at radius 3 is 2.75 bits per heavy atom. The van der Waals surface area contributed by atoms with Crippen LogP contribution in [0.25, 0.3) is 0 Å². The van der Waals surface area contributed by atoms with Gasteiger partial charge in [0.25, 0.3) is 0 Å². The molecule has 0 spiro atoms. The largest absolute Gasteiger partial charge is 0.286 e. The Balaban J connectivity index is 2.99. The Bertz CT molecular complexity index is 74.8.